The van der Waals surface area contributed by atoms with Crippen molar-refractivity contribution in [3.8, 4) is 11.1 Å². The summed E-state index contributed by atoms with van der Waals surface area (Å²) in [6, 6.07) is 19.4. The molecule has 0 atom stereocenters. The van der Waals surface area contributed by atoms with Crippen molar-refractivity contribution in [2.75, 3.05) is 13.1 Å². The van der Waals surface area contributed by atoms with Gasteiger partial charge in [-0.15, -0.1) is 0 Å². The Morgan fingerprint density at radius 3 is 2.39 bits per heavy atom. The molecule has 0 amide bonds. The molecule has 0 heterocycles. The lowest BCUT2D eigenvalue weighted by atomic mass is 10.0. The molecule has 2 aromatic carbocycles. The molecule has 1 heteroatoms. The van der Waals surface area contributed by atoms with Crippen LogP contribution in [0.1, 0.15) is 18.9 Å². The van der Waals surface area contributed by atoms with Gasteiger partial charge in [0.15, 0.2) is 0 Å². The highest BCUT2D eigenvalue weighted by atomic mass is 14.8. The Bertz CT molecular complexity index is 462. The molecule has 2 aromatic rings. The fourth-order valence-electron chi connectivity index (χ4n) is 2.07. The lowest BCUT2D eigenvalue weighted by Gasteiger charge is -2.06. The van der Waals surface area contributed by atoms with Crippen molar-refractivity contribution in [2.24, 2.45) is 0 Å². The van der Waals surface area contributed by atoms with Gasteiger partial charge >= 0.3 is 0 Å². The zero-order valence-electron chi connectivity index (χ0n) is 11.0. The molecule has 0 saturated heterocycles. The van der Waals surface area contributed by atoms with Gasteiger partial charge in [0.1, 0.15) is 0 Å². The van der Waals surface area contributed by atoms with Gasteiger partial charge in [-0.05, 0) is 42.6 Å². The summed E-state index contributed by atoms with van der Waals surface area (Å²) < 4.78 is 0. The fraction of sp³-hybridized carbons (Fsp3) is 0.294. The molecular weight excluding hydrogens is 218 g/mol. The number of hydrogen-bond acceptors (Lipinski definition) is 1. The maximum absolute atomic E-state index is 3.44. The molecule has 0 saturated carbocycles. The molecule has 1 nitrogen and oxygen atoms in total. The average Bonchev–Trinajstić information content (AvgIpc) is 2.45. The zero-order valence-corrected chi connectivity index (χ0v) is 11.0. The van der Waals surface area contributed by atoms with E-state index in [0.717, 1.165) is 19.5 Å². The Morgan fingerprint density at radius 1 is 0.833 bits per heavy atom. The summed E-state index contributed by atoms with van der Waals surface area (Å²) in [4.78, 5) is 0. The lowest BCUT2D eigenvalue weighted by molar-refractivity contribution is 0.671. The van der Waals surface area contributed by atoms with Crippen molar-refractivity contribution in [3.05, 3.63) is 60.2 Å². The van der Waals surface area contributed by atoms with Crippen LogP contribution in [0.15, 0.2) is 54.6 Å². The van der Waals surface area contributed by atoms with E-state index in [-0.39, 0.29) is 0 Å². The minimum absolute atomic E-state index is 1.06. The van der Waals surface area contributed by atoms with Crippen molar-refractivity contribution in [2.45, 2.75) is 19.8 Å². The third kappa shape index (κ3) is 3.71. The van der Waals surface area contributed by atoms with Crippen molar-refractivity contribution in [1.29, 1.82) is 0 Å². The summed E-state index contributed by atoms with van der Waals surface area (Å²) in [6.07, 6.45) is 2.30. The minimum Gasteiger partial charge on any atom is -0.316 e. The molecule has 0 spiro atoms. The van der Waals surface area contributed by atoms with E-state index in [9.17, 15) is 0 Å². The van der Waals surface area contributed by atoms with Gasteiger partial charge in [-0.1, -0.05) is 61.5 Å². The van der Waals surface area contributed by atoms with E-state index in [1.165, 1.54) is 23.1 Å². The van der Waals surface area contributed by atoms with Crippen molar-refractivity contribution in [3.63, 3.8) is 0 Å². The van der Waals surface area contributed by atoms with Crippen LogP contribution in [-0.4, -0.2) is 13.1 Å². The first-order valence-corrected chi connectivity index (χ1v) is 6.75. The predicted octanol–water partition coefficient (Wildman–Crippen LogP) is 3.90. The van der Waals surface area contributed by atoms with E-state index in [2.05, 4.69) is 66.8 Å². The van der Waals surface area contributed by atoms with E-state index in [4.69, 9.17) is 0 Å². The maximum Gasteiger partial charge on any atom is -0.000835 e. The summed E-state index contributed by atoms with van der Waals surface area (Å²) in [7, 11) is 0. The molecule has 0 aliphatic rings. The van der Waals surface area contributed by atoms with Crippen molar-refractivity contribution in [1.82, 2.24) is 5.32 Å². The molecule has 2 rings (SSSR count). The van der Waals surface area contributed by atoms with Gasteiger partial charge in [0, 0.05) is 0 Å². The number of benzene rings is 2. The first-order valence-electron chi connectivity index (χ1n) is 6.75. The standard InChI is InChI=1S/C17H21N/c1-2-12-18-13-11-15-7-6-10-17(14-15)16-8-4-3-5-9-16/h3-10,14,18H,2,11-13H2,1H3. The smallest absolute Gasteiger partial charge is 0.000835 e. The molecule has 0 aliphatic carbocycles. The van der Waals surface area contributed by atoms with Crippen LogP contribution < -0.4 is 5.32 Å². The SMILES string of the molecule is CCCNCCc1cccc(-c2ccccc2)c1. The summed E-state index contributed by atoms with van der Waals surface area (Å²) in [5.74, 6) is 0. The van der Waals surface area contributed by atoms with Gasteiger partial charge in [0.05, 0.1) is 0 Å². The predicted molar refractivity (Wildman–Crippen MR) is 78.7 cm³/mol. The van der Waals surface area contributed by atoms with E-state index in [0.29, 0.717) is 0 Å². The van der Waals surface area contributed by atoms with Gasteiger partial charge in [-0.3, -0.25) is 0 Å². The van der Waals surface area contributed by atoms with Gasteiger partial charge < -0.3 is 5.32 Å². The normalized spacial score (nSPS) is 10.5. The third-order valence-corrected chi connectivity index (χ3v) is 3.05. The average molecular weight is 239 g/mol. The molecule has 1 N–H and O–H groups in total. The first-order chi connectivity index (χ1) is 8.90. The summed E-state index contributed by atoms with van der Waals surface area (Å²) in [5.41, 5.74) is 4.00. The molecular formula is C17H21N. The molecule has 0 unspecified atom stereocenters. The van der Waals surface area contributed by atoms with Crippen LogP contribution in [0.5, 0.6) is 0 Å². The van der Waals surface area contributed by atoms with E-state index in [1.54, 1.807) is 0 Å². The Morgan fingerprint density at radius 2 is 1.61 bits per heavy atom. The molecule has 0 aromatic heterocycles. The van der Waals surface area contributed by atoms with Crippen LogP contribution >= 0.6 is 0 Å². The highest BCUT2D eigenvalue weighted by Crippen LogP contribution is 2.19. The minimum atomic E-state index is 1.06. The Hall–Kier alpha value is -1.60. The van der Waals surface area contributed by atoms with Gasteiger partial charge in [0.25, 0.3) is 0 Å². The third-order valence-electron chi connectivity index (χ3n) is 3.05. The van der Waals surface area contributed by atoms with Crippen LogP contribution in [0.3, 0.4) is 0 Å². The lowest BCUT2D eigenvalue weighted by Crippen LogP contribution is -2.17. The Labute approximate surface area is 110 Å². The van der Waals surface area contributed by atoms with Crippen LogP contribution in [0.4, 0.5) is 0 Å². The summed E-state index contributed by atoms with van der Waals surface area (Å²) in [5, 5.41) is 3.44. The highest BCUT2D eigenvalue weighted by molar-refractivity contribution is 5.63. The molecule has 0 aliphatic heterocycles. The second-order valence-corrected chi connectivity index (χ2v) is 4.57. The van der Waals surface area contributed by atoms with Gasteiger partial charge in [-0.25, -0.2) is 0 Å². The summed E-state index contributed by atoms with van der Waals surface area (Å²) in [6.45, 7) is 4.37. The van der Waals surface area contributed by atoms with Crippen molar-refractivity contribution >= 4 is 0 Å². The maximum atomic E-state index is 3.44. The first kappa shape index (κ1) is 12.8. The van der Waals surface area contributed by atoms with E-state index >= 15 is 0 Å². The molecule has 18 heavy (non-hydrogen) atoms. The summed E-state index contributed by atoms with van der Waals surface area (Å²) >= 11 is 0. The number of hydrogen-bond donors (Lipinski definition) is 1. The molecule has 0 fully saturated rings. The van der Waals surface area contributed by atoms with Crippen LogP contribution in [0, 0.1) is 0 Å². The Balaban J connectivity index is 2.02. The largest absolute Gasteiger partial charge is 0.316 e. The van der Waals surface area contributed by atoms with Gasteiger partial charge in [-0.2, -0.15) is 0 Å². The van der Waals surface area contributed by atoms with Crippen molar-refractivity contribution < 1.29 is 0 Å². The second-order valence-electron chi connectivity index (χ2n) is 4.57. The van der Waals surface area contributed by atoms with Gasteiger partial charge in [0.2, 0.25) is 0 Å². The number of nitrogens with one attached hydrogen (secondary N) is 1. The molecule has 0 bridgehead atoms. The second kappa shape index (κ2) is 6.97. The van der Waals surface area contributed by atoms with E-state index < -0.39 is 0 Å². The quantitative estimate of drug-likeness (QED) is 0.754. The van der Waals surface area contributed by atoms with Crippen LogP contribution in [0.25, 0.3) is 11.1 Å². The highest BCUT2D eigenvalue weighted by Gasteiger charge is 1.98. The number of rotatable bonds is 6. The van der Waals surface area contributed by atoms with Crippen LogP contribution in [-0.2, 0) is 6.42 Å². The zero-order chi connectivity index (χ0) is 12.6. The monoisotopic (exact) mass is 239 g/mol. The molecule has 94 valence electrons. The topological polar surface area (TPSA) is 12.0 Å². The van der Waals surface area contributed by atoms with E-state index in [1.807, 2.05) is 0 Å². The van der Waals surface area contributed by atoms with Crippen LogP contribution in [0.2, 0.25) is 0 Å². The fourth-order valence-corrected chi connectivity index (χ4v) is 2.07. The molecule has 0 radical (unpaired) electrons. The Kier molecular flexibility index (Phi) is 4.98.